The highest BCUT2D eigenvalue weighted by Crippen LogP contribution is 1.76. The lowest BCUT2D eigenvalue weighted by atomic mass is 10.5. The van der Waals surface area contributed by atoms with Gasteiger partial charge in [-0.05, 0) is 6.92 Å². The number of nitrogens with zero attached hydrogens (tertiary/aromatic N) is 2. The van der Waals surface area contributed by atoms with Crippen molar-refractivity contribution in [3.05, 3.63) is 30.6 Å². The molecule has 0 fully saturated rings. The first-order valence-electron chi connectivity index (χ1n) is 3.32. The molecule has 0 saturated heterocycles. The molecule has 0 amide bonds. The zero-order chi connectivity index (χ0) is 7.23. The molecule has 1 rings (SSSR count). The van der Waals surface area contributed by atoms with Crippen LogP contribution in [0.15, 0.2) is 35.6 Å². The Hall–Kier alpha value is -1.18. The van der Waals surface area contributed by atoms with Gasteiger partial charge in [-0.1, -0.05) is 6.07 Å². The van der Waals surface area contributed by atoms with Crippen molar-refractivity contribution in [3.8, 4) is 0 Å². The van der Waals surface area contributed by atoms with Gasteiger partial charge in [-0.2, -0.15) is 4.57 Å². The number of hydrogen-bond acceptors (Lipinski definition) is 1. The molecule has 0 bridgehead atoms. The molecular formula is C8H11N2+. The smallest absolute Gasteiger partial charge is 0.233 e. The summed E-state index contributed by atoms with van der Waals surface area (Å²) < 4.78 is 2.01. The molecule has 0 atom stereocenters. The minimum absolute atomic E-state index is 0.720. The van der Waals surface area contributed by atoms with Crippen molar-refractivity contribution in [2.24, 2.45) is 4.99 Å². The fourth-order valence-corrected chi connectivity index (χ4v) is 0.705. The molecule has 0 aliphatic carbocycles. The maximum absolute atomic E-state index is 4.08. The van der Waals surface area contributed by atoms with Gasteiger partial charge in [-0.15, -0.1) is 0 Å². The third-order valence-corrected chi connectivity index (χ3v) is 1.20. The van der Waals surface area contributed by atoms with Gasteiger partial charge in [0.05, 0.1) is 0 Å². The van der Waals surface area contributed by atoms with E-state index in [0.717, 1.165) is 6.67 Å². The minimum Gasteiger partial charge on any atom is -0.233 e. The Morgan fingerprint density at radius 1 is 1.30 bits per heavy atom. The van der Waals surface area contributed by atoms with Crippen LogP contribution in [0.4, 0.5) is 0 Å². The van der Waals surface area contributed by atoms with Gasteiger partial charge in [-0.3, -0.25) is 0 Å². The highest BCUT2D eigenvalue weighted by atomic mass is 15.0. The third-order valence-electron chi connectivity index (χ3n) is 1.20. The number of aliphatic imine (C=N–C) groups is 1. The second kappa shape index (κ2) is 3.77. The molecule has 1 aromatic rings. The topological polar surface area (TPSA) is 16.2 Å². The van der Waals surface area contributed by atoms with Gasteiger partial charge in [0, 0.05) is 18.3 Å². The van der Waals surface area contributed by atoms with Crippen LogP contribution in [0.2, 0.25) is 0 Å². The fourth-order valence-electron chi connectivity index (χ4n) is 0.705. The molecule has 0 spiro atoms. The molecular weight excluding hydrogens is 124 g/mol. The van der Waals surface area contributed by atoms with Crippen molar-refractivity contribution in [1.82, 2.24) is 0 Å². The minimum atomic E-state index is 0.720. The average molecular weight is 135 g/mol. The Balaban J connectivity index is 2.59. The lowest BCUT2D eigenvalue weighted by Crippen LogP contribution is -2.30. The van der Waals surface area contributed by atoms with Crippen LogP contribution < -0.4 is 4.57 Å². The van der Waals surface area contributed by atoms with E-state index in [4.69, 9.17) is 0 Å². The first kappa shape index (κ1) is 6.93. The average Bonchev–Trinajstić information content (AvgIpc) is 2.03. The summed E-state index contributed by atoms with van der Waals surface area (Å²) in [6.45, 7) is 2.64. The summed E-state index contributed by atoms with van der Waals surface area (Å²) in [5.74, 6) is 0. The summed E-state index contributed by atoms with van der Waals surface area (Å²) in [5.41, 5.74) is 0. The van der Waals surface area contributed by atoms with E-state index in [1.54, 1.807) is 6.21 Å². The second-order valence-corrected chi connectivity index (χ2v) is 1.97. The Morgan fingerprint density at radius 2 is 2.00 bits per heavy atom. The van der Waals surface area contributed by atoms with E-state index in [1.807, 2.05) is 42.1 Å². The molecule has 2 nitrogen and oxygen atoms in total. The zero-order valence-corrected chi connectivity index (χ0v) is 6.07. The Kier molecular flexibility index (Phi) is 2.62. The Labute approximate surface area is 60.9 Å². The van der Waals surface area contributed by atoms with Gasteiger partial charge in [0.1, 0.15) is 0 Å². The number of pyridine rings is 1. The van der Waals surface area contributed by atoms with Crippen molar-refractivity contribution in [2.75, 3.05) is 0 Å². The normalized spacial score (nSPS) is 10.5. The van der Waals surface area contributed by atoms with Crippen LogP contribution in [0.1, 0.15) is 6.92 Å². The predicted molar refractivity (Wildman–Crippen MR) is 40.8 cm³/mol. The Bertz CT molecular complexity index is 204. The van der Waals surface area contributed by atoms with Crippen molar-refractivity contribution in [1.29, 1.82) is 0 Å². The molecule has 0 unspecified atom stereocenters. The van der Waals surface area contributed by atoms with Crippen LogP contribution in [-0.4, -0.2) is 6.21 Å². The van der Waals surface area contributed by atoms with Gasteiger partial charge < -0.3 is 0 Å². The molecule has 0 aliphatic heterocycles. The molecule has 0 radical (unpaired) electrons. The van der Waals surface area contributed by atoms with Crippen LogP contribution in [0.3, 0.4) is 0 Å². The summed E-state index contributed by atoms with van der Waals surface area (Å²) in [5, 5.41) is 0. The first-order valence-corrected chi connectivity index (χ1v) is 3.32. The summed E-state index contributed by atoms with van der Waals surface area (Å²) >= 11 is 0. The summed E-state index contributed by atoms with van der Waals surface area (Å²) in [7, 11) is 0. The highest BCUT2D eigenvalue weighted by molar-refractivity contribution is 5.52. The molecule has 1 aromatic heterocycles. The molecule has 0 aliphatic rings. The predicted octanol–water partition coefficient (Wildman–Crippen LogP) is 1.02. The fraction of sp³-hybridized carbons (Fsp3) is 0.250. The second-order valence-electron chi connectivity index (χ2n) is 1.97. The third kappa shape index (κ3) is 1.97. The van der Waals surface area contributed by atoms with E-state index in [-0.39, 0.29) is 0 Å². The lowest BCUT2D eigenvalue weighted by Gasteiger charge is -1.87. The largest absolute Gasteiger partial charge is 0.240 e. The highest BCUT2D eigenvalue weighted by Gasteiger charge is 1.89. The van der Waals surface area contributed by atoms with E-state index < -0.39 is 0 Å². The number of rotatable bonds is 2. The molecule has 10 heavy (non-hydrogen) atoms. The van der Waals surface area contributed by atoms with Gasteiger partial charge in [0.2, 0.25) is 6.67 Å². The number of aromatic nitrogens is 1. The maximum atomic E-state index is 4.08. The SMILES string of the molecule is CC=NC[n+]1ccccc1. The van der Waals surface area contributed by atoms with Crippen LogP contribution in [0.5, 0.6) is 0 Å². The van der Waals surface area contributed by atoms with Crippen molar-refractivity contribution in [3.63, 3.8) is 0 Å². The van der Waals surface area contributed by atoms with Gasteiger partial charge in [0.25, 0.3) is 0 Å². The van der Waals surface area contributed by atoms with Crippen molar-refractivity contribution >= 4 is 6.21 Å². The van der Waals surface area contributed by atoms with Gasteiger partial charge >= 0.3 is 0 Å². The summed E-state index contributed by atoms with van der Waals surface area (Å²) in [6.07, 6.45) is 5.79. The monoisotopic (exact) mass is 135 g/mol. The molecule has 0 aromatic carbocycles. The van der Waals surface area contributed by atoms with E-state index in [0.29, 0.717) is 0 Å². The van der Waals surface area contributed by atoms with Crippen molar-refractivity contribution in [2.45, 2.75) is 13.6 Å². The van der Waals surface area contributed by atoms with Crippen LogP contribution in [-0.2, 0) is 6.67 Å². The van der Waals surface area contributed by atoms with Crippen molar-refractivity contribution < 1.29 is 4.57 Å². The standard InChI is InChI=1S/C8H11N2/c1-2-9-8-10-6-4-3-5-7-10/h2-7H,8H2,1H3/q+1. The van der Waals surface area contributed by atoms with Gasteiger partial charge in [0.15, 0.2) is 12.4 Å². The molecule has 2 heteroatoms. The molecule has 0 saturated carbocycles. The molecule has 52 valence electrons. The lowest BCUT2D eigenvalue weighted by molar-refractivity contribution is -0.695. The summed E-state index contributed by atoms with van der Waals surface area (Å²) in [4.78, 5) is 4.08. The van der Waals surface area contributed by atoms with E-state index in [2.05, 4.69) is 4.99 Å². The van der Waals surface area contributed by atoms with E-state index in [1.165, 1.54) is 0 Å². The van der Waals surface area contributed by atoms with Crippen LogP contribution in [0.25, 0.3) is 0 Å². The van der Waals surface area contributed by atoms with E-state index in [9.17, 15) is 0 Å². The van der Waals surface area contributed by atoms with Gasteiger partial charge in [-0.25, -0.2) is 4.99 Å². The Morgan fingerprint density at radius 3 is 2.60 bits per heavy atom. The summed E-state index contributed by atoms with van der Waals surface area (Å²) in [6, 6.07) is 5.97. The van der Waals surface area contributed by atoms with E-state index >= 15 is 0 Å². The maximum Gasteiger partial charge on any atom is 0.240 e. The quantitative estimate of drug-likeness (QED) is 0.425. The zero-order valence-electron chi connectivity index (χ0n) is 6.07. The first-order chi connectivity index (χ1) is 4.93. The van der Waals surface area contributed by atoms with Crippen LogP contribution >= 0.6 is 0 Å². The molecule has 1 heterocycles. The number of hydrogen-bond donors (Lipinski definition) is 0. The van der Waals surface area contributed by atoms with Crippen LogP contribution in [0, 0.1) is 0 Å². The molecule has 0 N–H and O–H groups in total.